The molecule has 0 aliphatic rings. The first-order chi connectivity index (χ1) is 7.36. The molecule has 0 radical (unpaired) electrons. The van der Waals surface area contributed by atoms with Gasteiger partial charge in [-0.15, -0.1) is 4.91 Å². The number of methoxy groups -OCH3 is 1. The van der Waals surface area contributed by atoms with Gasteiger partial charge in [0.25, 0.3) is 0 Å². The number of benzene rings is 1. The number of hydrogen-bond donors (Lipinski definition) is 1. The standard InChI is InChI=1S/C11H10N2O2/c1-15-10-4-2-3-9-8(5-6-13-14)7-12-11(9)10/h2-7,12H,1H3/b6-5+. The van der Waals surface area contributed by atoms with Crippen LogP contribution in [0, 0.1) is 4.91 Å². The Morgan fingerprint density at radius 3 is 3.07 bits per heavy atom. The number of aromatic nitrogens is 1. The molecule has 0 unspecified atom stereocenters. The van der Waals surface area contributed by atoms with Crippen molar-refractivity contribution in [3.8, 4) is 5.75 Å². The van der Waals surface area contributed by atoms with Gasteiger partial charge in [-0.3, -0.25) is 0 Å². The van der Waals surface area contributed by atoms with Gasteiger partial charge in [-0.2, -0.15) is 0 Å². The molecule has 0 saturated heterocycles. The molecule has 76 valence electrons. The SMILES string of the molecule is COc1cccc2c(/C=C/N=O)c[nH]c12. The molecule has 1 aromatic carbocycles. The molecule has 0 fully saturated rings. The Kier molecular flexibility index (Phi) is 2.49. The number of ether oxygens (including phenoxy) is 1. The predicted octanol–water partition coefficient (Wildman–Crippen LogP) is 2.91. The summed E-state index contributed by atoms with van der Waals surface area (Å²) in [6, 6.07) is 5.74. The van der Waals surface area contributed by atoms with Gasteiger partial charge >= 0.3 is 0 Å². The van der Waals surface area contributed by atoms with Crippen LogP contribution in [-0.2, 0) is 0 Å². The normalized spacial score (nSPS) is 11.0. The van der Waals surface area contributed by atoms with Gasteiger partial charge < -0.3 is 9.72 Å². The summed E-state index contributed by atoms with van der Waals surface area (Å²) in [5.74, 6) is 0.784. The van der Waals surface area contributed by atoms with E-state index < -0.39 is 0 Å². The van der Waals surface area contributed by atoms with E-state index in [1.807, 2.05) is 24.4 Å². The molecule has 0 saturated carbocycles. The minimum absolute atomic E-state index is 0.784. The monoisotopic (exact) mass is 202 g/mol. The summed E-state index contributed by atoms with van der Waals surface area (Å²) in [6.07, 6.45) is 4.70. The molecule has 4 heteroatoms. The fourth-order valence-electron chi connectivity index (χ4n) is 1.57. The predicted molar refractivity (Wildman–Crippen MR) is 59.7 cm³/mol. The van der Waals surface area contributed by atoms with Crippen molar-refractivity contribution in [3.63, 3.8) is 0 Å². The largest absolute Gasteiger partial charge is 0.495 e. The summed E-state index contributed by atoms with van der Waals surface area (Å²) in [4.78, 5) is 13.1. The van der Waals surface area contributed by atoms with Crippen molar-refractivity contribution in [1.29, 1.82) is 0 Å². The fraction of sp³-hybridized carbons (Fsp3) is 0.0909. The van der Waals surface area contributed by atoms with E-state index in [4.69, 9.17) is 4.74 Å². The van der Waals surface area contributed by atoms with Crippen molar-refractivity contribution in [2.75, 3.05) is 7.11 Å². The first kappa shape index (κ1) is 9.45. The lowest BCUT2D eigenvalue weighted by Gasteiger charge is -2.00. The number of aromatic amines is 1. The van der Waals surface area contributed by atoms with Crippen LogP contribution in [0.25, 0.3) is 17.0 Å². The number of hydrogen-bond acceptors (Lipinski definition) is 3. The Bertz CT molecular complexity index is 514. The molecule has 0 amide bonds. The number of fused-ring (bicyclic) bond motifs is 1. The van der Waals surface area contributed by atoms with Gasteiger partial charge in [-0.25, -0.2) is 0 Å². The van der Waals surface area contributed by atoms with Crippen LogP contribution in [0.2, 0.25) is 0 Å². The highest BCUT2D eigenvalue weighted by molar-refractivity contribution is 5.92. The fourth-order valence-corrected chi connectivity index (χ4v) is 1.57. The molecule has 1 N–H and O–H groups in total. The molecule has 0 aliphatic heterocycles. The van der Waals surface area contributed by atoms with Gasteiger partial charge in [-0.05, 0) is 17.3 Å². The molecular formula is C11H10N2O2. The van der Waals surface area contributed by atoms with E-state index in [1.165, 1.54) is 6.20 Å². The first-order valence-corrected chi connectivity index (χ1v) is 4.50. The Morgan fingerprint density at radius 2 is 2.33 bits per heavy atom. The van der Waals surface area contributed by atoms with Crippen LogP contribution in [-0.4, -0.2) is 12.1 Å². The van der Waals surface area contributed by atoms with Crippen LogP contribution in [0.1, 0.15) is 5.56 Å². The van der Waals surface area contributed by atoms with Gasteiger partial charge in [0.05, 0.1) is 18.8 Å². The Morgan fingerprint density at radius 1 is 1.47 bits per heavy atom. The van der Waals surface area contributed by atoms with E-state index in [2.05, 4.69) is 10.2 Å². The third-order valence-corrected chi connectivity index (χ3v) is 2.24. The number of H-pyrrole nitrogens is 1. The molecule has 0 spiro atoms. The maximum atomic E-state index is 9.99. The van der Waals surface area contributed by atoms with Crippen LogP contribution in [0.15, 0.2) is 35.8 Å². The Balaban J connectivity index is 2.60. The first-order valence-electron chi connectivity index (χ1n) is 4.50. The minimum atomic E-state index is 0.784. The van der Waals surface area contributed by atoms with Crippen LogP contribution in [0.4, 0.5) is 0 Å². The van der Waals surface area contributed by atoms with E-state index >= 15 is 0 Å². The lowest BCUT2D eigenvalue weighted by Crippen LogP contribution is -1.83. The molecule has 15 heavy (non-hydrogen) atoms. The van der Waals surface area contributed by atoms with Gasteiger partial charge in [0.1, 0.15) is 5.75 Å². The molecular weight excluding hydrogens is 192 g/mol. The minimum Gasteiger partial charge on any atom is -0.495 e. The third kappa shape index (κ3) is 1.61. The van der Waals surface area contributed by atoms with Crippen molar-refractivity contribution in [1.82, 2.24) is 4.98 Å². The summed E-state index contributed by atoms with van der Waals surface area (Å²) in [6.45, 7) is 0. The zero-order chi connectivity index (χ0) is 10.7. The van der Waals surface area contributed by atoms with E-state index in [1.54, 1.807) is 13.2 Å². The summed E-state index contributed by atoms with van der Waals surface area (Å²) in [5, 5.41) is 3.69. The van der Waals surface area contributed by atoms with E-state index in [9.17, 15) is 4.91 Å². The number of nitrogens with one attached hydrogen (secondary N) is 1. The average Bonchev–Trinajstić information content (AvgIpc) is 2.69. The second-order valence-electron chi connectivity index (χ2n) is 3.05. The van der Waals surface area contributed by atoms with Crippen molar-refractivity contribution in [3.05, 3.63) is 41.1 Å². The highest BCUT2D eigenvalue weighted by Crippen LogP contribution is 2.27. The molecule has 4 nitrogen and oxygen atoms in total. The van der Waals surface area contributed by atoms with E-state index in [0.29, 0.717) is 0 Å². The molecule has 1 aromatic heterocycles. The van der Waals surface area contributed by atoms with E-state index in [-0.39, 0.29) is 0 Å². The molecule has 0 atom stereocenters. The summed E-state index contributed by atoms with van der Waals surface area (Å²) >= 11 is 0. The number of nitroso groups, excluding NO2 is 1. The maximum Gasteiger partial charge on any atom is 0.142 e. The third-order valence-electron chi connectivity index (χ3n) is 2.24. The van der Waals surface area contributed by atoms with Crippen LogP contribution in [0.3, 0.4) is 0 Å². The Labute approximate surface area is 86.5 Å². The lowest BCUT2D eigenvalue weighted by molar-refractivity contribution is 0.419. The number of rotatable bonds is 3. The number of nitrogens with zero attached hydrogens (tertiary/aromatic N) is 1. The molecule has 2 rings (SSSR count). The second kappa shape index (κ2) is 3.96. The van der Waals surface area contributed by atoms with Gasteiger partial charge in [-0.1, -0.05) is 12.1 Å². The van der Waals surface area contributed by atoms with Crippen LogP contribution in [0.5, 0.6) is 5.75 Å². The van der Waals surface area contributed by atoms with Gasteiger partial charge in [0.2, 0.25) is 0 Å². The summed E-state index contributed by atoms with van der Waals surface area (Å²) in [7, 11) is 1.62. The topological polar surface area (TPSA) is 54.4 Å². The maximum absolute atomic E-state index is 9.99. The van der Waals surface area contributed by atoms with Gasteiger partial charge in [0, 0.05) is 17.1 Å². The zero-order valence-electron chi connectivity index (χ0n) is 8.23. The number of para-hydroxylation sites is 1. The lowest BCUT2D eigenvalue weighted by atomic mass is 10.1. The highest BCUT2D eigenvalue weighted by Gasteiger charge is 2.04. The second-order valence-corrected chi connectivity index (χ2v) is 3.05. The molecule has 1 heterocycles. The van der Waals surface area contributed by atoms with Crippen molar-refractivity contribution in [2.45, 2.75) is 0 Å². The van der Waals surface area contributed by atoms with Crippen molar-refractivity contribution in [2.24, 2.45) is 5.18 Å². The summed E-state index contributed by atoms with van der Waals surface area (Å²) < 4.78 is 5.20. The quantitative estimate of drug-likeness (QED) is 0.778. The molecule has 0 aliphatic carbocycles. The van der Waals surface area contributed by atoms with Crippen molar-refractivity contribution < 1.29 is 4.74 Å². The van der Waals surface area contributed by atoms with Crippen LogP contribution < -0.4 is 4.74 Å². The van der Waals surface area contributed by atoms with E-state index in [0.717, 1.165) is 22.2 Å². The Hall–Kier alpha value is -2.10. The van der Waals surface area contributed by atoms with Crippen LogP contribution >= 0.6 is 0 Å². The zero-order valence-corrected chi connectivity index (χ0v) is 8.23. The van der Waals surface area contributed by atoms with Crippen molar-refractivity contribution >= 4 is 17.0 Å². The summed E-state index contributed by atoms with van der Waals surface area (Å²) in [5.41, 5.74) is 1.84. The molecule has 0 bridgehead atoms. The van der Waals surface area contributed by atoms with Gasteiger partial charge in [0.15, 0.2) is 0 Å². The average molecular weight is 202 g/mol. The molecule has 2 aromatic rings. The smallest absolute Gasteiger partial charge is 0.142 e. The highest BCUT2D eigenvalue weighted by atomic mass is 16.5.